The van der Waals surface area contributed by atoms with Gasteiger partial charge in [-0.15, -0.1) is 0 Å². The van der Waals surface area contributed by atoms with Crippen LogP contribution in [0.4, 0.5) is 5.69 Å². The van der Waals surface area contributed by atoms with Crippen molar-refractivity contribution in [3.63, 3.8) is 0 Å². The van der Waals surface area contributed by atoms with E-state index >= 15 is 0 Å². The van der Waals surface area contributed by atoms with Crippen LogP contribution in [0.2, 0.25) is 0 Å². The van der Waals surface area contributed by atoms with Gasteiger partial charge in [-0.2, -0.15) is 0 Å². The lowest BCUT2D eigenvalue weighted by atomic mass is 9.56. The Labute approximate surface area is 180 Å². The molecular formula is C26H34N2O2. The maximum absolute atomic E-state index is 10.1. The lowest BCUT2D eigenvalue weighted by molar-refractivity contribution is 0.0653. The molecule has 30 heavy (non-hydrogen) atoms. The number of nitrogens with one attached hydrogen (secondary N) is 2. The van der Waals surface area contributed by atoms with Gasteiger partial charge >= 0.3 is 0 Å². The molecule has 4 nitrogen and oxygen atoms in total. The Morgan fingerprint density at radius 1 is 1.13 bits per heavy atom. The van der Waals surface area contributed by atoms with Crippen molar-refractivity contribution in [2.24, 2.45) is 5.92 Å². The maximum Gasteiger partial charge on any atom is 0.115 e. The molecule has 0 aliphatic heterocycles. The van der Waals surface area contributed by atoms with Gasteiger partial charge in [0.1, 0.15) is 5.75 Å². The van der Waals surface area contributed by atoms with Gasteiger partial charge in [0.25, 0.3) is 0 Å². The normalized spacial score (nSPS) is 22.8. The Morgan fingerprint density at radius 3 is 2.67 bits per heavy atom. The smallest absolute Gasteiger partial charge is 0.115 e. The van der Waals surface area contributed by atoms with E-state index in [1.807, 2.05) is 19.1 Å². The summed E-state index contributed by atoms with van der Waals surface area (Å²) in [6.07, 6.45) is 7.57. The average Bonchev–Trinajstić information content (AvgIpc) is 2.73. The number of fused-ring (bicyclic) bond motifs is 3. The number of hydrogen-bond acceptors (Lipinski definition) is 4. The number of aromatic hydroxyl groups is 1. The first-order chi connectivity index (χ1) is 14.5. The Balaban J connectivity index is 1.68. The minimum Gasteiger partial charge on any atom is -0.508 e. The minimum absolute atomic E-state index is 0.0612. The summed E-state index contributed by atoms with van der Waals surface area (Å²) in [6.45, 7) is 6.98. The van der Waals surface area contributed by atoms with Crippen molar-refractivity contribution in [2.45, 2.75) is 64.3 Å². The quantitative estimate of drug-likeness (QED) is 0.534. The highest BCUT2D eigenvalue weighted by molar-refractivity contribution is 5.48. The summed E-state index contributed by atoms with van der Waals surface area (Å²) in [7, 11) is 0. The molecule has 4 rings (SSSR count). The van der Waals surface area contributed by atoms with E-state index in [-0.39, 0.29) is 5.41 Å². The third kappa shape index (κ3) is 4.20. The van der Waals surface area contributed by atoms with E-state index in [4.69, 9.17) is 4.84 Å². The largest absolute Gasteiger partial charge is 0.508 e. The van der Waals surface area contributed by atoms with Crippen LogP contribution in [0.15, 0.2) is 54.2 Å². The highest BCUT2D eigenvalue weighted by Crippen LogP contribution is 2.51. The number of hydrogen-bond donors (Lipinski definition) is 3. The van der Waals surface area contributed by atoms with Gasteiger partial charge in [0.15, 0.2) is 0 Å². The van der Waals surface area contributed by atoms with Gasteiger partial charge in [0.2, 0.25) is 0 Å². The van der Waals surface area contributed by atoms with E-state index < -0.39 is 0 Å². The molecule has 0 amide bonds. The molecule has 0 radical (unpaired) electrons. The van der Waals surface area contributed by atoms with Gasteiger partial charge < -0.3 is 10.4 Å². The first-order valence-corrected chi connectivity index (χ1v) is 11.3. The highest BCUT2D eigenvalue weighted by Gasteiger charge is 2.45. The summed E-state index contributed by atoms with van der Waals surface area (Å²) in [5, 5.41) is 13.5. The molecule has 2 aromatic carbocycles. The Kier molecular flexibility index (Phi) is 6.05. The van der Waals surface area contributed by atoms with Crippen LogP contribution in [0, 0.1) is 5.92 Å². The summed E-state index contributed by atoms with van der Waals surface area (Å²) >= 11 is 0. The van der Waals surface area contributed by atoms with Crippen molar-refractivity contribution < 1.29 is 9.94 Å². The van der Waals surface area contributed by atoms with Crippen LogP contribution >= 0.6 is 0 Å². The van der Waals surface area contributed by atoms with Gasteiger partial charge in [-0.1, -0.05) is 24.3 Å². The van der Waals surface area contributed by atoms with Crippen molar-refractivity contribution >= 4 is 5.69 Å². The predicted octanol–water partition coefficient (Wildman–Crippen LogP) is 5.47. The number of phenolic OH excluding ortho intramolecular Hbond substituents is 1. The minimum atomic E-state index is 0.0612. The molecule has 0 fully saturated rings. The van der Waals surface area contributed by atoms with Crippen LogP contribution in [0.3, 0.4) is 0 Å². The van der Waals surface area contributed by atoms with Crippen LogP contribution in [-0.4, -0.2) is 17.8 Å². The average molecular weight is 407 g/mol. The first-order valence-electron chi connectivity index (χ1n) is 11.3. The number of allylic oxidation sites excluding steroid dienone is 2. The van der Waals surface area contributed by atoms with Crippen LogP contribution in [0.1, 0.15) is 56.7 Å². The first kappa shape index (κ1) is 20.8. The zero-order chi connectivity index (χ0) is 21.1. The topological polar surface area (TPSA) is 53.5 Å². The van der Waals surface area contributed by atoms with E-state index in [0.29, 0.717) is 24.3 Å². The summed E-state index contributed by atoms with van der Waals surface area (Å²) in [4.78, 5) is 5.48. The number of benzene rings is 2. The molecule has 2 aliphatic rings. The molecule has 0 bridgehead atoms. The lowest BCUT2D eigenvalue weighted by Crippen LogP contribution is -2.44. The molecule has 2 aliphatic carbocycles. The molecule has 0 spiro atoms. The second-order valence-corrected chi connectivity index (χ2v) is 9.04. The van der Waals surface area contributed by atoms with E-state index in [1.54, 1.807) is 0 Å². The second kappa shape index (κ2) is 8.73. The number of phenols is 1. The fraction of sp³-hybridized carbons (Fsp3) is 0.462. The van der Waals surface area contributed by atoms with Crippen LogP contribution in [0.5, 0.6) is 5.75 Å². The van der Waals surface area contributed by atoms with Crippen LogP contribution in [-0.2, 0) is 23.1 Å². The van der Waals surface area contributed by atoms with Crippen molar-refractivity contribution in [3.8, 4) is 5.75 Å². The molecule has 2 aromatic rings. The molecule has 0 unspecified atom stereocenters. The van der Waals surface area contributed by atoms with Gasteiger partial charge in [0, 0.05) is 22.8 Å². The van der Waals surface area contributed by atoms with Gasteiger partial charge in [-0.05, 0) is 99.7 Å². The van der Waals surface area contributed by atoms with Crippen LogP contribution < -0.4 is 10.8 Å². The van der Waals surface area contributed by atoms with Gasteiger partial charge in [-0.25, -0.2) is 0 Å². The number of anilines is 1. The third-order valence-electron chi connectivity index (χ3n) is 6.58. The molecular weight excluding hydrogens is 372 g/mol. The Hall–Kier alpha value is -2.46. The molecule has 4 heteroatoms. The van der Waals surface area contributed by atoms with Crippen molar-refractivity contribution in [2.75, 3.05) is 11.9 Å². The molecule has 160 valence electrons. The van der Waals surface area contributed by atoms with Crippen molar-refractivity contribution in [1.29, 1.82) is 0 Å². The summed E-state index contributed by atoms with van der Waals surface area (Å²) in [5.41, 5.74) is 9.67. The molecule has 0 aromatic heterocycles. The molecule has 0 heterocycles. The Morgan fingerprint density at radius 2 is 1.93 bits per heavy atom. The Bertz CT molecular complexity index is 904. The third-order valence-corrected chi connectivity index (χ3v) is 6.58. The van der Waals surface area contributed by atoms with Crippen LogP contribution in [0.25, 0.3) is 0 Å². The standard InChI is InChI=1S/C26H34N2O2/c1-4-30-28-23-13-14-26(17-19-5-9-22(10-6-19)27-18(2)3)21(16-23)8-7-20-15-24(29)11-12-25(20)26/h5-6,9-12,15-16,18,21,27-29H,4,7-8,13-14,17H2,1-3H3/t21-,26+/m1/s1. The molecule has 0 saturated carbocycles. The molecule has 3 N–H and O–H groups in total. The van der Waals surface area contributed by atoms with E-state index in [9.17, 15) is 5.11 Å². The molecule has 0 saturated heterocycles. The fourth-order valence-electron chi connectivity index (χ4n) is 5.29. The van der Waals surface area contributed by atoms with E-state index in [2.05, 4.69) is 61.1 Å². The number of hydroxylamine groups is 1. The summed E-state index contributed by atoms with van der Waals surface area (Å²) in [6, 6.07) is 15.4. The zero-order valence-corrected chi connectivity index (χ0v) is 18.4. The predicted molar refractivity (Wildman–Crippen MR) is 123 cm³/mol. The van der Waals surface area contributed by atoms with E-state index in [1.165, 1.54) is 28.1 Å². The van der Waals surface area contributed by atoms with Gasteiger partial charge in [-0.3, -0.25) is 10.3 Å². The van der Waals surface area contributed by atoms with E-state index in [0.717, 1.165) is 32.1 Å². The fourth-order valence-corrected chi connectivity index (χ4v) is 5.29. The lowest BCUT2D eigenvalue weighted by Gasteiger charge is -2.48. The zero-order valence-electron chi connectivity index (χ0n) is 18.4. The van der Waals surface area contributed by atoms with Crippen molar-refractivity contribution in [3.05, 3.63) is 70.9 Å². The van der Waals surface area contributed by atoms with Crippen molar-refractivity contribution in [1.82, 2.24) is 5.48 Å². The maximum atomic E-state index is 10.1. The number of aryl methyl sites for hydroxylation is 1. The molecule has 2 atom stereocenters. The second-order valence-electron chi connectivity index (χ2n) is 9.04. The number of rotatable bonds is 7. The summed E-state index contributed by atoms with van der Waals surface area (Å²) in [5.74, 6) is 0.830. The highest BCUT2D eigenvalue weighted by atomic mass is 16.6. The monoisotopic (exact) mass is 406 g/mol. The SMILES string of the molecule is CCONC1=C[C@H]2CCc3cc(O)ccc3[C@]2(Cc2ccc(NC(C)C)cc2)CC1. The summed E-state index contributed by atoms with van der Waals surface area (Å²) < 4.78 is 0. The van der Waals surface area contributed by atoms with Gasteiger partial charge in [0.05, 0.1) is 6.61 Å².